The highest BCUT2D eigenvalue weighted by atomic mass is 15.6. The van der Waals surface area contributed by atoms with Crippen molar-refractivity contribution in [3.8, 4) is 0 Å². The van der Waals surface area contributed by atoms with Gasteiger partial charge in [0.2, 0.25) is 6.17 Å². The molecule has 0 unspecified atom stereocenters. The van der Waals surface area contributed by atoms with Gasteiger partial charge in [-0.2, -0.15) is 0 Å². The standard InChI is InChI=1S/C24H38N2/c1-6-25(7-2,20-23-16-12-10-13-17-23)22(5)26(8-3,9-4)21-24-18-14-11-15-19-24/h10-19,22H,6-9,20-21H2,1-5H3/q+2. The molecule has 142 valence electrons. The van der Waals surface area contributed by atoms with Gasteiger partial charge in [0.05, 0.1) is 26.2 Å². The Bertz CT molecular complexity index is 570. The molecule has 0 bridgehead atoms. The maximum absolute atomic E-state index is 2.49. The lowest BCUT2D eigenvalue weighted by atomic mass is 10.1. The molecule has 2 aromatic carbocycles. The molecule has 0 amide bonds. The van der Waals surface area contributed by atoms with E-state index in [0.717, 1.165) is 22.1 Å². The number of rotatable bonds is 10. The molecular weight excluding hydrogens is 316 g/mol. The summed E-state index contributed by atoms with van der Waals surface area (Å²) < 4.78 is 2.27. The van der Waals surface area contributed by atoms with Crippen LogP contribution in [0.2, 0.25) is 0 Å². The maximum atomic E-state index is 2.49. The van der Waals surface area contributed by atoms with Gasteiger partial charge in [0.25, 0.3) is 0 Å². The summed E-state index contributed by atoms with van der Waals surface area (Å²) in [6.07, 6.45) is 0.556. The van der Waals surface area contributed by atoms with Crippen molar-refractivity contribution in [2.75, 3.05) is 26.2 Å². The van der Waals surface area contributed by atoms with E-state index in [1.165, 1.54) is 37.3 Å². The minimum absolute atomic E-state index is 0.556. The van der Waals surface area contributed by atoms with Crippen molar-refractivity contribution < 1.29 is 8.97 Å². The molecule has 26 heavy (non-hydrogen) atoms. The predicted octanol–water partition coefficient (Wildman–Crippen LogP) is 5.45. The lowest BCUT2D eigenvalue weighted by Gasteiger charge is -2.51. The van der Waals surface area contributed by atoms with Crippen LogP contribution in [0.25, 0.3) is 0 Å². The molecule has 0 N–H and O–H groups in total. The van der Waals surface area contributed by atoms with Gasteiger partial charge in [-0.3, -0.25) is 8.97 Å². The zero-order valence-electron chi connectivity index (χ0n) is 17.5. The fraction of sp³-hybridized carbons (Fsp3) is 0.500. The smallest absolute Gasteiger partial charge is 0.214 e. The van der Waals surface area contributed by atoms with E-state index < -0.39 is 0 Å². The summed E-state index contributed by atoms with van der Waals surface area (Å²) in [4.78, 5) is 0. The van der Waals surface area contributed by atoms with Crippen molar-refractivity contribution in [2.24, 2.45) is 0 Å². The van der Waals surface area contributed by atoms with Gasteiger partial charge in [0, 0.05) is 18.1 Å². The van der Waals surface area contributed by atoms with E-state index in [1.54, 1.807) is 0 Å². The average molecular weight is 355 g/mol. The highest BCUT2D eigenvalue weighted by molar-refractivity contribution is 5.14. The molecule has 0 spiro atoms. The van der Waals surface area contributed by atoms with E-state index in [2.05, 4.69) is 95.3 Å². The Labute approximate surface area is 161 Å². The van der Waals surface area contributed by atoms with E-state index in [9.17, 15) is 0 Å². The van der Waals surface area contributed by atoms with Gasteiger partial charge < -0.3 is 0 Å². The topological polar surface area (TPSA) is 0 Å². The van der Waals surface area contributed by atoms with E-state index in [0.29, 0.717) is 6.17 Å². The third-order valence-corrected chi connectivity index (χ3v) is 6.79. The van der Waals surface area contributed by atoms with Crippen molar-refractivity contribution in [3.63, 3.8) is 0 Å². The number of benzene rings is 2. The van der Waals surface area contributed by atoms with Crippen LogP contribution in [0.1, 0.15) is 45.7 Å². The van der Waals surface area contributed by atoms with Crippen LogP contribution in [-0.2, 0) is 13.1 Å². The van der Waals surface area contributed by atoms with E-state index in [-0.39, 0.29) is 0 Å². The molecule has 2 rings (SSSR count). The molecule has 2 aromatic rings. The van der Waals surface area contributed by atoms with Crippen molar-refractivity contribution in [1.29, 1.82) is 0 Å². The second-order valence-electron chi connectivity index (χ2n) is 7.62. The van der Waals surface area contributed by atoms with Crippen LogP contribution in [-0.4, -0.2) is 41.3 Å². The van der Waals surface area contributed by atoms with Gasteiger partial charge >= 0.3 is 0 Å². The first kappa shape index (κ1) is 20.7. The minimum atomic E-state index is 0.556. The molecule has 0 aromatic heterocycles. The van der Waals surface area contributed by atoms with Crippen molar-refractivity contribution in [2.45, 2.75) is 53.9 Å². The zero-order valence-corrected chi connectivity index (χ0v) is 17.5. The first-order chi connectivity index (χ1) is 12.6. The van der Waals surface area contributed by atoms with Gasteiger partial charge in [-0.05, 0) is 27.7 Å². The van der Waals surface area contributed by atoms with Crippen LogP contribution in [0.3, 0.4) is 0 Å². The van der Waals surface area contributed by atoms with Crippen LogP contribution < -0.4 is 0 Å². The summed E-state index contributed by atoms with van der Waals surface area (Å²) in [5.41, 5.74) is 2.90. The highest BCUT2D eigenvalue weighted by Gasteiger charge is 2.44. The minimum Gasteiger partial charge on any atom is -0.272 e. The van der Waals surface area contributed by atoms with Gasteiger partial charge in [-0.15, -0.1) is 0 Å². The number of hydrogen-bond donors (Lipinski definition) is 0. The number of hydrogen-bond acceptors (Lipinski definition) is 0. The largest absolute Gasteiger partial charge is 0.272 e. The Balaban J connectivity index is 2.37. The maximum Gasteiger partial charge on any atom is 0.214 e. The van der Waals surface area contributed by atoms with Gasteiger partial charge in [-0.1, -0.05) is 60.7 Å². The van der Waals surface area contributed by atoms with Crippen LogP contribution >= 0.6 is 0 Å². The summed E-state index contributed by atoms with van der Waals surface area (Å²) in [7, 11) is 0. The summed E-state index contributed by atoms with van der Waals surface area (Å²) in [5.74, 6) is 0. The number of quaternary nitrogens is 2. The van der Waals surface area contributed by atoms with Gasteiger partial charge in [0.1, 0.15) is 13.1 Å². The molecule has 0 atom stereocenters. The molecule has 2 heteroatoms. The first-order valence-electron chi connectivity index (χ1n) is 10.3. The first-order valence-corrected chi connectivity index (χ1v) is 10.3. The summed E-state index contributed by atoms with van der Waals surface area (Å²) in [5, 5.41) is 0. The second-order valence-corrected chi connectivity index (χ2v) is 7.62. The van der Waals surface area contributed by atoms with Crippen LogP contribution in [0.4, 0.5) is 0 Å². The van der Waals surface area contributed by atoms with Crippen molar-refractivity contribution in [1.82, 2.24) is 0 Å². The Hall–Kier alpha value is -1.64. The van der Waals surface area contributed by atoms with Crippen LogP contribution in [0.15, 0.2) is 60.7 Å². The monoisotopic (exact) mass is 354 g/mol. The van der Waals surface area contributed by atoms with Gasteiger partial charge in [0.15, 0.2) is 0 Å². The quantitative estimate of drug-likeness (QED) is 0.393. The van der Waals surface area contributed by atoms with Crippen LogP contribution in [0, 0.1) is 0 Å². The van der Waals surface area contributed by atoms with Crippen molar-refractivity contribution >= 4 is 0 Å². The molecule has 2 nitrogen and oxygen atoms in total. The molecule has 0 aliphatic heterocycles. The Morgan fingerprint density at radius 2 is 0.885 bits per heavy atom. The molecule has 0 radical (unpaired) electrons. The summed E-state index contributed by atoms with van der Waals surface area (Å²) in [6, 6.07) is 22.1. The Kier molecular flexibility index (Phi) is 7.43. The molecule has 0 aliphatic rings. The predicted molar refractivity (Wildman–Crippen MR) is 112 cm³/mol. The molecule has 0 heterocycles. The fourth-order valence-corrected chi connectivity index (χ4v) is 4.63. The molecular formula is C24H38N2+2. The van der Waals surface area contributed by atoms with Gasteiger partial charge in [-0.25, -0.2) is 0 Å². The van der Waals surface area contributed by atoms with E-state index >= 15 is 0 Å². The molecule has 0 fully saturated rings. The van der Waals surface area contributed by atoms with Crippen molar-refractivity contribution in [3.05, 3.63) is 71.8 Å². The Morgan fingerprint density at radius 3 is 1.15 bits per heavy atom. The summed E-state index contributed by atoms with van der Waals surface area (Å²) in [6.45, 7) is 18.9. The molecule has 0 aliphatic carbocycles. The normalized spacial score (nSPS) is 12.5. The zero-order chi connectivity index (χ0) is 19.0. The second kappa shape index (κ2) is 9.34. The lowest BCUT2D eigenvalue weighted by molar-refractivity contribution is -1.14. The average Bonchev–Trinajstić information content (AvgIpc) is 2.71. The Morgan fingerprint density at radius 1 is 0.577 bits per heavy atom. The van der Waals surface area contributed by atoms with Crippen LogP contribution in [0.5, 0.6) is 0 Å². The molecule has 0 saturated heterocycles. The lowest BCUT2D eigenvalue weighted by Crippen LogP contribution is -2.68. The highest BCUT2D eigenvalue weighted by Crippen LogP contribution is 2.29. The third-order valence-electron chi connectivity index (χ3n) is 6.79. The number of nitrogens with zero attached hydrogens (tertiary/aromatic N) is 2. The summed E-state index contributed by atoms with van der Waals surface area (Å²) >= 11 is 0. The molecule has 0 saturated carbocycles. The SMILES string of the molecule is CC[N+](CC)(Cc1ccccc1)C(C)[N+](CC)(CC)Cc1ccccc1. The van der Waals surface area contributed by atoms with E-state index in [1.807, 2.05) is 0 Å². The van der Waals surface area contributed by atoms with E-state index in [4.69, 9.17) is 0 Å². The fourth-order valence-electron chi connectivity index (χ4n) is 4.63. The third kappa shape index (κ3) is 4.36.